The van der Waals surface area contributed by atoms with Crippen LogP contribution in [0.25, 0.3) is 0 Å². The van der Waals surface area contributed by atoms with Gasteiger partial charge in [0.05, 0.1) is 17.9 Å². The van der Waals surface area contributed by atoms with E-state index in [1.165, 1.54) is 0 Å². The van der Waals surface area contributed by atoms with Gasteiger partial charge in [0.25, 0.3) is 0 Å². The average molecular weight is 477 g/mol. The minimum absolute atomic E-state index is 0.110. The SMILES string of the molecule is Cc1cc(Br)c(NCC(=O)Nc2ccccc2Br)c(Br)c1. The standard InChI is InChI=1S/C15H13Br3N2O/c1-9-6-11(17)15(12(18)7-9)19-8-14(21)20-13-5-3-2-4-10(13)16/h2-7,19H,8H2,1H3,(H,20,21). The number of anilines is 2. The Bertz CT molecular complexity index is 651. The highest BCUT2D eigenvalue weighted by molar-refractivity contribution is 9.11. The number of hydrogen-bond donors (Lipinski definition) is 2. The molecule has 2 aromatic carbocycles. The molecule has 0 spiro atoms. The van der Waals surface area contributed by atoms with Crippen molar-refractivity contribution in [1.82, 2.24) is 0 Å². The van der Waals surface area contributed by atoms with Gasteiger partial charge in [0, 0.05) is 13.4 Å². The van der Waals surface area contributed by atoms with E-state index in [9.17, 15) is 4.79 Å². The Morgan fingerprint density at radius 2 is 1.67 bits per heavy atom. The molecule has 1 amide bonds. The second-order valence-electron chi connectivity index (χ2n) is 4.49. The van der Waals surface area contributed by atoms with Crippen LogP contribution in [0.4, 0.5) is 11.4 Å². The number of amides is 1. The molecule has 0 aliphatic heterocycles. The maximum atomic E-state index is 12.0. The molecule has 6 heteroatoms. The molecule has 0 unspecified atom stereocenters. The predicted molar refractivity (Wildman–Crippen MR) is 97.8 cm³/mol. The zero-order valence-corrected chi connectivity index (χ0v) is 16.0. The summed E-state index contributed by atoms with van der Waals surface area (Å²) in [6, 6.07) is 11.5. The van der Waals surface area contributed by atoms with Crippen LogP contribution < -0.4 is 10.6 Å². The molecule has 0 saturated heterocycles. The van der Waals surface area contributed by atoms with Crippen LogP contribution in [-0.2, 0) is 4.79 Å². The second-order valence-corrected chi connectivity index (χ2v) is 7.05. The lowest BCUT2D eigenvalue weighted by Gasteiger charge is -2.12. The lowest BCUT2D eigenvalue weighted by molar-refractivity contribution is -0.114. The van der Waals surface area contributed by atoms with Crippen molar-refractivity contribution in [2.24, 2.45) is 0 Å². The second kappa shape index (κ2) is 7.42. The van der Waals surface area contributed by atoms with E-state index in [-0.39, 0.29) is 12.5 Å². The third kappa shape index (κ3) is 4.56. The molecule has 110 valence electrons. The van der Waals surface area contributed by atoms with E-state index in [4.69, 9.17) is 0 Å². The fourth-order valence-corrected chi connectivity index (χ4v) is 3.87. The van der Waals surface area contributed by atoms with Crippen LogP contribution in [0.1, 0.15) is 5.56 Å². The topological polar surface area (TPSA) is 41.1 Å². The number of aryl methyl sites for hydroxylation is 1. The summed E-state index contributed by atoms with van der Waals surface area (Å²) >= 11 is 10.4. The number of hydrogen-bond acceptors (Lipinski definition) is 2. The van der Waals surface area contributed by atoms with E-state index < -0.39 is 0 Å². The van der Waals surface area contributed by atoms with Crippen molar-refractivity contribution < 1.29 is 4.79 Å². The van der Waals surface area contributed by atoms with Crippen LogP contribution in [0.15, 0.2) is 49.8 Å². The molecule has 0 aliphatic carbocycles. The molecule has 2 rings (SSSR count). The molecule has 0 saturated carbocycles. The Labute approximate surface area is 148 Å². The first-order valence-corrected chi connectivity index (χ1v) is 8.59. The average Bonchev–Trinajstić information content (AvgIpc) is 2.40. The van der Waals surface area contributed by atoms with Crippen LogP contribution in [0.2, 0.25) is 0 Å². The number of benzene rings is 2. The van der Waals surface area contributed by atoms with E-state index in [1.54, 1.807) is 0 Å². The van der Waals surface area contributed by atoms with E-state index in [2.05, 4.69) is 58.4 Å². The molecule has 3 nitrogen and oxygen atoms in total. The van der Waals surface area contributed by atoms with Gasteiger partial charge in [-0.25, -0.2) is 0 Å². The van der Waals surface area contributed by atoms with Gasteiger partial charge in [0.1, 0.15) is 0 Å². The van der Waals surface area contributed by atoms with Gasteiger partial charge in [-0.3, -0.25) is 4.79 Å². The van der Waals surface area contributed by atoms with Crippen molar-refractivity contribution >= 4 is 65.1 Å². The number of rotatable bonds is 4. The van der Waals surface area contributed by atoms with Gasteiger partial charge >= 0.3 is 0 Å². The normalized spacial score (nSPS) is 10.3. The molecule has 2 aromatic rings. The maximum absolute atomic E-state index is 12.0. The summed E-state index contributed by atoms with van der Waals surface area (Å²) in [7, 11) is 0. The number of carbonyl (C=O) groups is 1. The first kappa shape index (κ1) is 16.5. The molecule has 0 aromatic heterocycles. The zero-order chi connectivity index (χ0) is 15.4. The Hall–Kier alpha value is -0.850. The molecule has 2 N–H and O–H groups in total. The first-order chi connectivity index (χ1) is 9.97. The van der Waals surface area contributed by atoms with Gasteiger partial charge in [-0.05, 0) is 84.5 Å². The molecule has 0 atom stereocenters. The van der Waals surface area contributed by atoms with Crippen molar-refractivity contribution in [3.8, 4) is 0 Å². The number of carbonyl (C=O) groups excluding carboxylic acids is 1. The molecular weight excluding hydrogens is 464 g/mol. The van der Waals surface area contributed by atoms with Crippen molar-refractivity contribution in [2.75, 3.05) is 17.2 Å². The van der Waals surface area contributed by atoms with E-state index in [0.717, 1.165) is 30.4 Å². The molecule has 0 fully saturated rings. The maximum Gasteiger partial charge on any atom is 0.243 e. The van der Waals surface area contributed by atoms with Gasteiger partial charge < -0.3 is 10.6 Å². The lowest BCUT2D eigenvalue weighted by atomic mass is 10.2. The predicted octanol–water partition coefficient (Wildman–Crippen LogP) is 5.33. The summed E-state index contributed by atoms with van der Waals surface area (Å²) in [6.07, 6.45) is 0. The summed E-state index contributed by atoms with van der Waals surface area (Å²) in [5.41, 5.74) is 2.76. The molecule has 0 bridgehead atoms. The third-order valence-electron chi connectivity index (χ3n) is 2.76. The highest BCUT2D eigenvalue weighted by atomic mass is 79.9. The Balaban J connectivity index is 2.01. The summed E-state index contributed by atoms with van der Waals surface area (Å²) in [4.78, 5) is 12.0. The highest BCUT2D eigenvalue weighted by Crippen LogP contribution is 2.32. The molecule has 21 heavy (non-hydrogen) atoms. The van der Waals surface area contributed by atoms with Crippen molar-refractivity contribution in [3.63, 3.8) is 0 Å². The summed E-state index contributed by atoms with van der Waals surface area (Å²) < 4.78 is 2.70. The molecular formula is C15H13Br3N2O. The van der Waals surface area contributed by atoms with Crippen LogP contribution >= 0.6 is 47.8 Å². The van der Waals surface area contributed by atoms with Gasteiger partial charge in [-0.2, -0.15) is 0 Å². The van der Waals surface area contributed by atoms with Crippen molar-refractivity contribution in [1.29, 1.82) is 0 Å². The summed E-state index contributed by atoms with van der Waals surface area (Å²) in [5.74, 6) is -0.110. The van der Waals surface area contributed by atoms with Gasteiger partial charge in [-0.15, -0.1) is 0 Å². The van der Waals surface area contributed by atoms with E-state index >= 15 is 0 Å². The Morgan fingerprint density at radius 3 is 2.29 bits per heavy atom. The summed E-state index contributed by atoms with van der Waals surface area (Å²) in [5, 5.41) is 5.98. The smallest absolute Gasteiger partial charge is 0.243 e. The number of nitrogens with one attached hydrogen (secondary N) is 2. The fraction of sp³-hybridized carbons (Fsp3) is 0.133. The fourth-order valence-electron chi connectivity index (χ4n) is 1.79. The molecule has 0 radical (unpaired) electrons. The Kier molecular flexibility index (Phi) is 5.84. The van der Waals surface area contributed by atoms with Crippen LogP contribution in [-0.4, -0.2) is 12.5 Å². The van der Waals surface area contributed by atoms with Crippen LogP contribution in [0, 0.1) is 6.92 Å². The monoisotopic (exact) mass is 474 g/mol. The van der Waals surface area contributed by atoms with Gasteiger partial charge in [0.2, 0.25) is 5.91 Å². The van der Waals surface area contributed by atoms with Crippen molar-refractivity contribution in [2.45, 2.75) is 6.92 Å². The van der Waals surface area contributed by atoms with E-state index in [0.29, 0.717) is 0 Å². The molecule has 0 aliphatic rings. The highest BCUT2D eigenvalue weighted by Gasteiger charge is 2.09. The zero-order valence-electron chi connectivity index (χ0n) is 11.2. The van der Waals surface area contributed by atoms with Crippen LogP contribution in [0.5, 0.6) is 0 Å². The summed E-state index contributed by atoms with van der Waals surface area (Å²) in [6.45, 7) is 2.19. The molecule has 0 heterocycles. The van der Waals surface area contributed by atoms with Gasteiger partial charge in [-0.1, -0.05) is 12.1 Å². The lowest BCUT2D eigenvalue weighted by Crippen LogP contribution is -2.22. The number of halogens is 3. The van der Waals surface area contributed by atoms with Crippen molar-refractivity contribution in [3.05, 3.63) is 55.4 Å². The largest absolute Gasteiger partial charge is 0.374 e. The first-order valence-electron chi connectivity index (χ1n) is 6.21. The quantitative estimate of drug-likeness (QED) is 0.626. The minimum Gasteiger partial charge on any atom is -0.374 e. The van der Waals surface area contributed by atoms with Crippen LogP contribution in [0.3, 0.4) is 0 Å². The van der Waals surface area contributed by atoms with E-state index in [1.807, 2.05) is 43.3 Å². The third-order valence-corrected chi connectivity index (χ3v) is 4.70. The van der Waals surface area contributed by atoms with Gasteiger partial charge in [0.15, 0.2) is 0 Å². The minimum atomic E-state index is -0.110. The number of para-hydroxylation sites is 1. The Morgan fingerprint density at radius 1 is 1.05 bits per heavy atom.